The minimum Gasteiger partial charge on any atom is -0.339 e. The number of nitrogens with one attached hydrogen (secondary N) is 1. The summed E-state index contributed by atoms with van der Waals surface area (Å²) in [4.78, 5) is 20.3. The average Bonchev–Trinajstić information content (AvgIpc) is 3.09. The van der Waals surface area contributed by atoms with Crippen LogP contribution in [0.1, 0.15) is 5.56 Å². The molecule has 0 bridgehead atoms. The number of hydrogen-bond donors (Lipinski definition) is 1. The molecule has 6 nitrogen and oxygen atoms in total. The first-order valence-corrected chi connectivity index (χ1v) is 8.81. The number of aryl methyl sites for hydroxylation is 1. The van der Waals surface area contributed by atoms with Crippen molar-refractivity contribution in [2.75, 3.05) is 5.32 Å². The molecule has 0 unspecified atom stereocenters. The summed E-state index contributed by atoms with van der Waals surface area (Å²) in [6.45, 7) is 2.02. The highest BCUT2D eigenvalue weighted by molar-refractivity contribution is 7.17. The average molecular weight is 362 g/mol. The van der Waals surface area contributed by atoms with Gasteiger partial charge in [-0.05, 0) is 24.1 Å². The third-order valence-electron chi connectivity index (χ3n) is 4.14. The molecule has 1 N–H and O–H groups in total. The van der Waals surface area contributed by atoms with Crippen LogP contribution in [-0.2, 0) is 0 Å². The van der Waals surface area contributed by atoms with E-state index in [2.05, 4.69) is 15.3 Å². The lowest BCUT2D eigenvalue weighted by Gasteiger charge is -2.10. The maximum atomic E-state index is 11.1. The number of anilines is 2. The van der Waals surface area contributed by atoms with E-state index in [-0.39, 0.29) is 10.6 Å². The lowest BCUT2D eigenvalue weighted by atomic mass is 10.1. The van der Waals surface area contributed by atoms with Crippen LogP contribution in [0, 0.1) is 17.0 Å². The molecule has 0 aliphatic carbocycles. The largest absolute Gasteiger partial charge is 0.339 e. The number of nitro benzene ring substituents is 1. The zero-order chi connectivity index (χ0) is 18.1. The number of hydrogen-bond acceptors (Lipinski definition) is 6. The lowest BCUT2D eigenvalue weighted by molar-refractivity contribution is -0.384. The van der Waals surface area contributed by atoms with Crippen molar-refractivity contribution in [2.45, 2.75) is 6.92 Å². The topological polar surface area (TPSA) is 81.0 Å². The molecular weight excluding hydrogens is 348 g/mol. The second kappa shape index (κ2) is 6.53. The number of nitrogens with zero attached hydrogens (tertiary/aromatic N) is 3. The van der Waals surface area contributed by atoms with Crippen LogP contribution in [-0.4, -0.2) is 14.9 Å². The zero-order valence-electron chi connectivity index (χ0n) is 13.8. The van der Waals surface area contributed by atoms with E-state index in [0.717, 1.165) is 32.6 Å². The van der Waals surface area contributed by atoms with Crippen molar-refractivity contribution < 1.29 is 4.92 Å². The second-order valence-electron chi connectivity index (χ2n) is 5.80. The van der Waals surface area contributed by atoms with E-state index in [1.165, 1.54) is 23.7 Å². The highest BCUT2D eigenvalue weighted by Crippen LogP contribution is 2.38. The minimum atomic E-state index is -0.388. The number of thiophene rings is 1. The van der Waals surface area contributed by atoms with Gasteiger partial charge in [0.05, 0.1) is 10.3 Å². The van der Waals surface area contributed by atoms with E-state index in [1.54, 1.807) is 12.1 Å². The fourth-order valence-electron chi connectivity index (χ4n) is 2.81. The van der Waals surface area contributed by atoms with E-state index in [1.807, 2.05) is 42.6 Å². The number of rotatable bonds is 4. The molecule has 0 fully saturated rings. The van der Waals surface area contributed by atoms with Crippen LogP contribution in [0.2, 0.25) is 0 Å². The first kappa shape index (κ1) is 16.2. The molecule has 0 saturated carbocycles. The van der Waals surface area contributed by atoms with Gasteiger partial charge in [0.25, 0.3) is 5.69 Å². The van der Waals surface area contributed by atoms with Crippen LogP contribution < -0.4 is 5.32 Å². The van der Waals surface area contributed by atoms with Crippen molar-refractivity contribution in [3.05, 3.63) is 75.9 Å². The lowest BCUT2D eigenvalue weighted by Crippen LogP contribution is -1.97. The zero-order valence-corrected chi connectivity index (χ0v) is 14.7. The summed E-state index contributed by atoms with van der Waals surface area (Å²) in [7, 11) is 0. The number of non-ortho nitro benzene ring substituents is 1. The molecule has 0 spiro atoms. The second-order valence-corrected chi connectivity index (χ2v) is 6.66. The molecule has 2 aromatic carbocycles. The number of para-hydroxylation sites is 1. The summed E-state index contributed by atoms with van der Waals surface area (Å²) >= 11 is 1.49. The predicted molar refractivity (Wildman–Crippen MR) is 104 cm³/mol. The van der Waals surface area contributed by atoms with E-state index in [0.29, 0.717) is 5.82 Å². The van der Waals surface area contributed by atoms with E-state index < -0.39 is 0 Å². The molecule has 2 heterocycles. The number of aromatic nitrogens is 2. The summed E-state index contributed by atoms with van der Waals surface area (Å²) < 4.78 is 0. The van der Waals surface area contributed by atoms with Crippen molar-refractivity contribution in [1.82, 2.24) is 9.97 Å². The fourth-order valence-corrected chi connectivity index (χ4v) is 3.73. The van der Waals surface area contributed by atoms with Crippen LogP contribution in [0.15, 0.2) is 60.2 Å². The van der Waals surface area contributed by atoms with Gasteiger partial charge < -0.3 is 5.32 Å². The standard InChI is InChI=1S/C19H14N4O2S/c1-12-5-2-3-8-16(12)22-18-17-15(10-26-19(17)21-11-20-18)13-6-4-7-14(9-13)23(24)25/h2-11H,1H3,(H,20,21,22). The Hall–Kier alpha value is -3.32. The van der Waals surface area contributed by atoms with Gasteiger partial charge in [-0.1, -0.05) is 30.3 Å². The van der Waals surface area contributed by atoms with Crippen LogP contribution in [0.3, 0.4) is 0 Å². The molecule has 26 heavy (non-hydrogen) atoms. The van der Waals surface area contributed by atoms with Gasteiger partial charge >= 0.3 is 0 Å². The maximum Gasteiger partial charge on any atom is 0.270 e. The normalized spacial score (nSPS) is 10.8. The summed E-state index contributed by atoms with van der Waals surface area (Å²) in [6.07, 6.45) is 1.52. The Morgan fingerprint density at radius 1 is 1.12 bits per heavy atom. The Labute approximate surface area is 153 Å². The molecule has 2 aromatic heterocycles. The molecular formula is C19H14N4O2S. The van der Waals surface area contributed by atoms with Gasteiger partial charge in [0.1, 0.15) is 17.0 Å². The highest BCUT2D eigenvalue weighted by atomic mass is 32.1. The van der Waals surface area contributed by atoms with Gasteiger partial charge in [0, 0.05) is 28.8 Å². The molecule has 128 valence electrons. The molecule has 7 heteroatoms. The summed E-state index contributed by atoms with van der Waals surface area (Å²) in [6, 6.07) is 14.6. The predicted octanol–water partition coefficient (Wildman–Crippen LogP) is 5.32. The number of nitro groups is 1. The summed E-state index contributed by atoms with van der Waals surface area (Å²) in [5, 5.41) is 17.3. The van der Waals surface area contributed by atoms with Crippen LogP contribution in [0.25, 0.3) is 21.3 Å². The summed E-state index contributed by atoms with van der Waals surface area (Å²) in [5.74, 6) is 0.687. The number of fused-ring (bicyclic) bond motifs is 1. The van der Waals surface area contributed by atoms with Gasteiger partial charge in [-0.2, -0.15) is 0 Å². The first-order chi connectivity index (χ1) is 12.6. The molecule has 4 rings (SSSR count). The van der Waals surface area contributed by atoms with Gasteiger partial charge in [0.15, 0.2) is 0 Å². The van der Waals surface area contributed by atoms with Crippen molar-refractivity contribution in [3.8, 4) is 11.1 Å². The van der Waals surface area contributed by atoms with Crippen molar-refractivity contribution in [2.24, 2.45) is 0 Å². The molecule has 4 aromatic rings. The third-order valence-corrected chi connectivity index (χ3v) is 5.02. The Morgan fingerprint density at radius 2 is 1.96 bits per heavy atom. The molecule has 0 saturated heterocycles. The minimum absolute atomic E-state index is 0.0621. The monoisotopic (exact) mass is 362 g/mol. The Balaban J connectivity index is 1.86. The van der Waals surface area contributed by atoms with Crippen molar-refractivity contribution in [3.63, 3.8) is 0 Å². The van der Waals surface area contributed by atoms with Gasteiger partial charge in [-0.3, -0.25) is 10.1 Å². The van der Waals surface area contributed by atoms with Crippen molar-refractivity contribution in [1.29, 1.82) is 0 Å². The number of benzene rings is 2. The molecule has 0 radical (unpaired) electrons. The Bertz CT molecular complexity index is 1120. The van der Waals surface area contributed by atoms with Crippen LogP contribution in [0.5, 0.6) is 0 Å². The van der Waals surface area contributed by atoms with E-state index in [9.17, 15) is 10.1 Å². The van der Waals surface area contributed by atoms with Crippen LogP contribution in [0.4, 0.5) is 17.2 Å². The van der Waals surface area contributed by atoms with Crippen LogP contribution >= 0.6 is 11.3 Å². The molecule has 0 aliphatic rings. The molecule has 0 amide bonds. The van der Waals surface area contributed by atoms with Gasteiger partial charge in [-0.15, -0.1) is 11.3 Å². The summed E-state index contributed by atoms with van der Waals surface area (Å²) in [5.41, 5.74) is 3.78. The van der Waals surface area contributed by atoms with Gasteiger partial charge in [-0.25, -0.2) is 9.97 Å². The fraction of sp³-hybridized carbons (Fsp3) is 0.0526. The van der Waals surface area contributed by atoms with Gasteiger partial charge in [0.2, 0.25) is 0 Å². The first-order valence-electron chi connectivity index (χ1n) is 7.93. The third kappa shape index (κ3) is 2.89. The SMILES string of the molecule is Cc1ccccc1Nc1ncnc2scc(-c3cccc([N+](=O)[O-])c3)c12. The van der Waals surface area contributed by atoms with E-state index >= 15 is 0 Å². The maximum absolute atomic E-state index is 11.1. The quantitative estimate of drug-likeness (QED) is 0.392. The highest BCUT2D eigenvalue weighted by Gasteiger charge is 2.16. The Morgan fingerprint density at radius 3 is 2.77 bits per heavy atom. The molecule has 0 atom stereocenters. The molecule has 0 aliphatic heterocycles. The van der Waals surface area contributed by atoms with Crippen molar-refractivity contribution >= 4 is 38.7 Å². The van der Waals surface area contributed by atoms with E-state index in [4.69, 9.17) is 0 Å². The Kier molecular flexibility index (Phi) is 4.06. The smallest absolute Gasteiger partial charge is 0.270 e.